The molecule has 0 bridgehead atoms. The van der Waals surface area contributed by atoms with Crippen molar-refractivity contribution >= 4 is 5.96 Å². The van der Waals surface area contributed by atoms with Crippen LogP contribution in [-0.2, 0) is 11.2 Å². The lowest BCUT2D eigenvalue weighted by atomic mass is 9.96. The number of nitrogens with one attached hydrogen (secondary N) is 1. The van der Waals surface area contributed by atoms with E-state index in [1.807, 2.05) is 39.0 Å². The molecule has 9 N–H and O–H groups in total. The van der Waals surface area contributed by atoms with Crippen LogP contribution in [0.25, 0.3) is 0 Å². The SMILES string of the molecule is Cc1cc(OCCN=C(N)N)ccc1Cc1c(OC2O[C@H](CO)[C@@H](O)[C@H](O)[C@H]2O)n[nH]c1C(C)C. The lowest BCUT2D eigenvalue weighted by molar-refractivity contribution is -0.278. The van der Waals surface area contributed by atoms with Gasteiger partial charge in [0.25, 0.3) is 0 Å². The maximum absolute atomic E-state index is 10.4. The molecule has 12 heteroatoms. The number of aromatic amines is 1. The van der Waals surface area contributed by atoms with Crippen LogP contribution in [-0.4, -0.2) is 87.0 Å². The van der Waals surface area contributed by atoms with E-state index in [1.165, 1.54) is 0 Å². The zero-order valence-corrected chi connectivity index (χ0v) is 20.1. The maximum Gasteiger partial charge on any atom is 0.238 e. The number of hydrogen-bond donors (Lipinski definition) is 7. The Morgan fingerprint density at radius 3 is 2.57 bits per heavy atom. The van der Waals surface area contributed by atoms with Crippen molar-refractivity contribution in [1.82, 2.24) is 10.2 Å². The van der Waals surface area contributed by atoms with Crippen LogP contribution in [0.4, 0.5) is 0 Å². The molecular formula is C23H35N5O7. The minimum atomic E-state index is -1.54. The molecule has 1 aliphatic heterocycles. The number of nitrogens with zero attached hydrogens (tertiary/aromatic N) is 2. The first kappa shape index (κ1) is 26.7. The number of aliphatic hydroxyl groups is 4. The number of aryl methyl sites for hydroxylation is 1. The second-order valence-corrected chi connectivity index (χ2v) is 8.81. The molecule has 1 saturated heterocycles. The van der Waals surface area contributed by atoms with Gasteiger partial charge in [0.1, 0.15) is 36.8 Å². The summed E-state index contributed by atoms with van der Waals surface area (Å²) in [5.41, 5.74) is 14.2. The van der Waals surface area contributed by atoms with Gasteiger partial charge in [0.15, 0.2) is 5.96 Å². The Bertz CT molecular complexity index is 1010. The van der Waals surface area contributed by atoms with Crippen LogP contribution < -0.4 is 20.9 Å². The molecule has 1 aromatic heterocycles. The van der Waals surface area contributed by atoms with Gasteiger partial charge in [-0.15, -0.1) is 5.10 Å². The van der Waals surface area contributed by atoms with Crippen molar-refractivity contribution in [3.05, 3.63) is 40.6 Å². The van der Waals surface area contributed by atoms with Crippen LogP contribution >= 0.6 is 0 Å². The van der Waals surface area contributed by atoms with Crippen LogP contribution in [0, 0.1) is 6.92 Å². The summed E-state index contributed by atoms with van der Waals surface area (Å²) in [5, 5.41) is 47.1. The highest BCUT2D eigenvalue weighted by atomic mass is 16.7. The third kappa shape index (κ3) is 6.41. The van der Waals surface area contributed by atoms with Gasteiger partial charge in [-0.05, 0) is 36.1 Å². The molecular weight excluding hydrogens is 458 g/mol. The standard InChI is InChI=1S/C23H35N5O7/c1-11(2)17-15(9-13-4-5-14(8-12(13)3)33-7-6-26-23(24)25)21(28-27-17)35-22-20(32)19(31)18(30)16(10-29)34-22/h4-5,8,11,16,18-20,22,29-32H,6-7,9-10H2,1-3H3,(H,27,28)(H4,24,25,26)/t16-,18-,19+,20-,22?/m1/s1. The van der Waals surface area contributed by atoms with Crippen LogP contribution in [0.3, 0.4) is 0 Å². The van der Waals surface area contributed by atoms with E-state index >= 15 is 0 Å². The Morgan fingerprint density at radius 2 is 1.94 bits per heavy atom. The number of benzene rings is 1. The number of ether oxygens (including phenoxy) is 3. The van der Waals surface area contributed by atoms with Crippen LogP contribution in [0.15, 0.2) is 23.2 Å². The fourth-order valence-corrected chi connectivity index (χ4v) is 3.87. The molecule has 1 aromatic carbocycles. The van der Waals surface area contributed by atoms with Crippen molar-refractivity contribution in [3.63, 3.8) is 0 Å². The summed E-state index contributed by atoms with van der Waals surface area (Å²) in [6.45, 7) is 6.13. The molecule has 0 aliphatic carbocycles. The predicted molar refractivity (Wildman–Crippen MR) is 127 cm³/mol. The number of aromatic nitrogens is 2. The summed E-state index contributed by atoms with van der Waals surface area (Å²) >= 11 is 0. The van der Waals surface area contributed by atoms with E-state index in [0.717, 1.165) is 22.4 Å². The highest BCUT2D eigenvalue weighted by Gasteiger charge is 2.45. The summed E-state index contributed by atoms with van der Waals surface area (Å²) in [7, 11) is 0. The first-order chi connectivity index (χ1) is 16.6. The van der Waals surface area contributed by atoms with Gasteiger partial charge in [0.05, 0.1) is 13.2 Å². The van der Waals surface area contributed by atoms with Gasteiger partial charge in [-0.3, -0.25) is 10.1 Å². The number of H-pyrrole nitrogens is 1. The topological polar surface area (TPSA) is 202 Å². The van der Waals surface area contributed by atoms with Gasteiger partial charge >= 0.3 is 0 Å². The highest BCUT2D eigenvalue weighted by Crippen LogP contribution is 2.32. The van der Waals surface area contributed by atoms with Gasteiger partial charge in [-0.1, -0.05) is 19.9 Å². The molecule has 0 spiro atoms. The minimum absolute atomic E-state index is 0.0166. The van der Waals surface area contributed by atoms with Crippen molar-refractivity contribution in [3.8, 4) is 11.6 Å². The third-order valence-electron chi connectivity index (χ3n) is 5.85. The van der Waals surface area contributed by atoms with Crippen molar-refractivity contribution in [2.45, 2.75) is 63.8 Å². The monoisotopic (exact) mass is 493 g/mol. The Balaban J connectivity index is 1.79. The van der Waals surface area contributed by atoms with Gasteiger partial charge in [-0.2, -0.15) is 0 Å². The summed E-state index contributed by atoms with van der Waals surface area (Å²) in [6.07, 6.45) is -6.47. The molecule has 3 rings (SSSR count). The van der Waals surface area contributed by atoms with Crippen LogP contribution in [0.5, 0.6) is 11.6 Å². The molecule has 2 heterocycles. The molecule has 12 nitrogen and oxygen atoms in total. The zero-order valence-electron chi connectivity index (χ0n) is 20.1. The lowest BCUT2D eigenvalue weighted by Crippen LogP contribution is -2.60. The van der Waals surface area contributed by atoms with Gasteiger partial charge in [-0.25, -0.2) is 0 Å². The average Bonchev–Trinajstić information content (AvgIpc) is 3.21. The van der Waals surface area contributed by atoms with E-state index < -0.39 is 37.3 Å². The Kier molecular flexibility index (Phi) is 8.92. The average molecular weight is 494 g/mol. The van der Waals surface area contributed by atoms with Gasteiger partial charge in [0.2, 0.25) is 12.2 Å². The molecule has 0 radical (unpaired) electrons. The van der Waals surface area contributed by atoms with Crippen LogP contribution in [0.2, 0.25) is 0 Å². The number of rotatable bonds is 10. The molecule has 1 fully saturated rings. The fraction of sp³-hybridized carbons (Fsp3) is 0.565. The smallest absolute Gasteiger partial charge is 0.238 e. The highest BCUT2D eigenvalue weighted by molar-refractivity contribution is 5.75. The first-order valence-electron chi connectivity index (χ1n) is 11.4. The number of aliphatic hydroxyl groups excluding tert-OH is 4. The summed E-state index contributed by atoms with van der Waals surface area (Å²) in [5.74, 6) is 1.01. The number of aliphatic imine (C=N–C) groups is 1. The Morgan fingerprint density at radius 1 is 1.20 bits per heavy atom. The van der Waals surface area contributed by atoms with E-state index in [-0.39, 0.29) is 17.8 Å². The summed E-state index contributed by atoms with van der Waals surface area (Å²) in [6, 6.07) is 5.71. The molecule has 0 saturated carbocycles. The lowest BCUT2D eigenvalue weighted by Gasteiger charge is -2.39. The maximum atomic E-state index is 10.4. The van der Waals surface area contributed by atoms with Crippen LogP contribution in [0.1, 0.15) is 42.1 Å². The first-order valence-corrected chi connectivity index (χ1v) is 11.4. The number of guanidine groups is 1. The van der Waals surface area contributed by atoms with Crippen molar-refractivity contribution < 1.29 is 34.6 Å². The predicted octanol–water partition coefficient (Wildman–Crippen LogP) is -0.737. The minimum Gasteiger partial charge on any atom is -0.492 e. The van der Waals surface area contributed by atoms with E-state index in [0.29, 0.717) is 25.3 Å². The molecule has 0 amide bonds. The molecule has 35 heavy (non-hydrogen) atoms. The molecule has 2 aromatic rings. The molecule has 5 atom stereocenters. The van der Waals surface area contributed by atoms with Crippen molar-refractivity contribution in [1.29, 1.82) is 0 Å². The normalized spacial score (nSPS) is 24.4. The second-order valence-electron chi connectivity index (χ2n) is 8.81. The van der Waals surface area contributed by atoms with Crippen molar-refractivity contribution in [2.75, 3.05) is 19.8 Å². The molecule has 194 valence electrons. The Hall–Kier alpha value is -2.90. The third-order valence-corrected chi connectivity index (χ3v) is 5.85. The summed E-state index contributed by atoms with van der Waals surface area (Å²) in [4.78, 5) is 3.89. The zero-order chi connectivity index (χ0) is 25.7. The van der Waals surface area contributed by atoms with Gasteiger partial charge in [0, 0.05) is 17.7 Å². The quantitative estimate of drug-likeness (QED) is 0.126. The number of hydrogen-bond acceptors (Lipinski definition) is 9. The fourth-order valence-electron chi connectivity index (χ4n) is 3.87. The van der Waals surface area contributed by atoms with Crippen molar-refractivity contribution in [2.24, 2.45) is 16.5 Å². The number of nitrogens with two attached hydrogens (primary N) is 2. The van der Waals surface area contributed by atoms with E-state index in [1.54, 1.807) is 0 Å². The Labute approximate surface area is 203 Å². The van der Waals surface area contributed by atoms with E-state index in [4.69, 9.17) is 25.7 Å². The van der Waals surface area contributed by atoms with E-state index in [2.05, 4.69) is 15.2 Å². The summed E-state index contributed by atoms with van der Waals surface area (Å²) < 4.78 is 17.0. The largest absolute Gasteiger partial charge is 0.492 e. The van der Waals surface area contributed by atoms with E-state index in [9.17, 15) is 20.4 Å². The second kappa shape index (κ2) is 11.7. The molecule has 1 unspecified atom stereocenters. The molecule has 1 aliphatic rings. The van der Waals surface area contributed by atoms with Gasteiger partial charge < -0.3 is 46.1 Å².